The second kappa shape index (κ2) is 9.69. The van der Waals surface area contributed by atoms with Gasteiger partial charge in [0.15, 0.2) is 5.16 Å². The van der Waals surface area contributed by atoms with Crippen LogP contribution in [-0.2, 0) is 17.6 Å². The molecule has 142 valence electrons. The number of nitrogens with zero attached hydrogens (tertiary/aromatic N) is 3. The first-order valence-corrected chi connectivity index (χ1v) is 10.7. The van der Waals surface area contributed by atoms with Gasteiger partial charge in [0.2, 0.25) is 5.91 Å². The summed E-state index contributed by atoms with van der Waals surface area (Å²) in [4.78, 5) is 17.6. The van der Waals surface area contributed by atoms with E-state index < -0.39 is 0 Å². The van der Waals surface area contributed by atoms with Crippen LogP contribution >= 0.6 is 35.1 Å². The van der Waals surface area contributed by atoms with Gasteiger partial charge in [0.05, 0.1) is 23.1 Å². The topological polar surface area (TPSA) is 70.7 Å². The number of nitrogens with one attached hydrogen (secondary N) is 1. The Balaban J connectivity index is 1.59. The van der Waals surface area contributed by atoms with E-state index in [0.29, 0.717) is 27.8 Å². The summed E-state index contributed by atoms with van der Waals surface area (Å²) in [6.45, 7) is 0. The fourth-order valence-electron chi connectivity index (χ4n) is 2.36. The van der Waals surface area contributed by atoms with Gasteiger partial charge in [0.1, 0.15) is 0 Å². The molecule has 28 heavy (non-hydrogen) atoms. The van der Waals surface area contributed by atoms with Gasteiger partial charge in [-0.15, -0.1) is 11.8 Å². The molecular weight excluding hydrogens is 412 g/mol. The number of benzene rings is 2. The Kier molecular flexibility index (Phi) is 7.04. The number of imidazole rings is 1. The molecule has 0 aliphatic heterocycles. The van der Waals surface area contributed by atoms with E-state index in [1.54, 1.807) is 30.5 Å². The molecule has 3 rings (SSSR count). The highest BCUT2D eigenvalue weighted by atomic mass is 35.5. The lowest BCUT2D eigenvalue weighted by molar-refractivity contribution is -0.113. The zero-order valence-electron chi connectivity index (χ0n) is 15.1. The van der Waals surface area contributed by atoms with Gasteiger partial charge in [0, 0.05) is 35.1 Å². The summed E-state index contributed by atoms with van der Waals surface area (Å²) in [7, 11) is 1.92. The van der Waals surface area contributed by atoms with Gasteiger partial charge in [-0.25, -0.2) is 4.98 Å². The monoisotopic (exact) mass is 428 g/mol. The van der Waals surface area contributed by atoms with E-state index in [9.17, 15) is 4.79 Å². The number of anilines is 1. The van der Waals surface area contributed by atoms with Crippen molar-refractivity contribution in [1.29, 1.82) is 5.26 Å². The maximum atomic E-state index is 12.4. The maximum Gasteiger partial charge on any atom is 0.234 e. The van der Waals surface area contributed by atoms with Gasteiger partial charge in [-0.1, -0.05) is 23.7 Å². The van der Waals surface area contributed by atoms with E-state index in [2.05, 4.69) is 16.4 Å². The number of nitriles is 1. The highest BCUT2D eigenvalue weighted by Gasteiger charge is 2.11. The van der Waals surface area contributed by atoms with Crippen molar-refractivity contribution in [2.75, 3.05) is 11.1 Å². The lowest BCUT2D eigenvalue weighted by atomic mass is 10.2. The Labute approximate surface area is 177 Å². The summed E-state index contributed by atoms with van der Waals surface area (Å²) < 4.78 is 1.91. The Hall–Kier alpha value is -2.40. The largest absolute Gasteiger partial charge is 0.329 e. The van der Waals surface area contributed by atoms with Crippen molar-refractivity contribution in [2.24, 2.45) is 7.05 Å². The molecule has 3 aromatic rings. The Morgan fingerprint density at radius 2 is 2.07 bits per heavy atom. The highest BCUT2D eigenvalue weighted by Crippen LogP contribution is 2.34. The van der Waals surface area contributed by atoms with Crippen LogP contribution in [-0.4, -0.2) is 21.2 Å². The van der Waals surface area contributed by atoms with Crippen molar-refractivity contribution >= 4 is 46.7 Å². The molecule has 0 aliphatic carbocycles. The molecule has 1 amide bonds. The fraction of sp³-hybridized carbons (Fsp3) is 0.150. The van der Waals surface area contributed by atoms with E-state index in [1.807, 2.05) is 36.0 Å². The number of halogens is 1. The molecule has 0 radical (unpaired) electrons. The second-order valence-corrected chi connectivity index (χ2v) is 8.34. The molecule has 8 heteroatoms. The first-order chi connectivity index (χ1) is 13.5. The van der Waals surface area contributed by atoms with Gasteiger partial charge in [0.25, 0.3) is 0 Å². The van der Waals surface area contributed by atoms with E-state index in [1.165, 1.54) is 23.5 Å². The standard InChI is InChI=1S/C20H17ClN4OS2/c1-25-9-8-23-20(25)28-18-7-6-16(21)10-17(18)24-19(26)13-27-12-15-4-2-14(11-22)3-5-15/h2-10H,12-13H2,1H3,(H,24,26). The number of amides is 1. The molecule has 0 saturated heterocycles. The van der Waals surface area contributed by atoms with E-state index in [-0.39, 0.29) is 5.91 Å². The number of hydrogen-bond acceptors (Lipinski definition) is 5. The number of carbonyl (C=O) groups excluding carboxylic acids is 1. The van der Waals surface area contributed by atoms with Crippen LogP contribution in [0.2, 0.25) is 5.02 Å². The Bertz CT molecular complexity index is 1010. The lowest BCUT2D eigenvalue weighted by Crippen LogP contribution is -2.14. The summed E-state index contributed by atoms with van der Waals surface area (Å²) >= 11 is 9.09. The van der Waals surface area contributed by atoms with Crippen molar-refractivity contribution in [3.05, 3.63) is 71.0 Å². The third-order valence-electron chi connectivity index (χ3n) is 3.78. The van der Waals surface area contributed by atoms with Crippen LogP contribution in [0.1, 0.15) is 11.1 Å². The number of carbonyl (C=O) groups is 1. The average Bonchev–Trinajstić information content (AvgIpc) is 3.09. The van der Waals surface area contributed by atoms with Crippen molar-refractivity contribution in [3.8, 4) is 6.07 Å². The van der Waals surface area contributed by atoms with Crippen molar-refractivity contribution in [2.45, 2.75) is 15.8 Å². The van der Waals surface area contributed by atoms with Crippen LogP contribution in [0.15, 0.2) is 64.9 Å². The number of hydrogen-bond donors (Lipinski definition) is 1. The second-order valence-electron chi connectivity index (χ2n) is 5.91. The molecule has 1 N–H and O–H groups in total. The van der Waals surface area contributed by atoms with Crippen molar-refractivity contribution in [3.63, 3.8) is 0 Å². The minimum atomic E-state index is -0.0948. The predicted octanol–water partition coefficient (Wildman–Crippen LogP) is 4.97. The molecular formula is C20H17ClN4OS2. The Morgan fingerprint density at radius 3 is 2.75 bits per heavy atom. The summed E-state index contributed by atoms with van der Waals surface area (Å²) in [6.07, 6.45) is 3.60. The van der Waals surface area contributed by atoms with Crippen LogP contribution in [0.3, 0.4) is 0 Å². The molecule has 2 aromatic carbocycles. The first-order valence-electron chi connectivity index (χ1n) is 8.36. The van der Waals surface area contributed by atoms with Gasteiger partial charge in [-0.3, -0.25) is 4.79 Å². The highest BCUT2D eigenvalue weighted by molar-refractivity contribution is 7.99. The zero-order chi connectivity index (χ0) is 19.9. The maximum absolute atomic E-state index is 12.4. The molecule has 1 heterocycles. The summed E-state index contributed by atoms with van der Waals surface area (Å²) in [5.74, 6) is 0.922. The normalized spacial score (nSPS) is 10.5. The number of thioether (sulfide) groups is 1. The molecule has 0 unspecified atom stereocenters. The van der Waals surface area contributed by atoms with E-state index in [0.717, 1.165) is 15.6 Å². The third kappa shape index (κ3) is 5.55. The lowest BCUT2D eigenvalue weighted by Gasteiger charge is -2.11. The van der Waals surface area contributed by atoms with Gasteiger partial charge >= 0.3 is 0 Å². The van der Waals surface area contributed by atoms with Crippen LogP contribution in [0.25, 0.3) is 0 Å². The van der Waals surface area contributed by atoms with Gasteiger partial charge in [-0.2, -0.15) is 5.26 Å². The molecule has 0 spiro atoms. The quantitative estimate of drug-likeness (QED) is 0.575. The minimum Gasteiger partial charge on any atom is -0.329 e. The van der Waals surface area contributed by atoms with Crippen molar-refractivity contribution < 1.29 is 4.79 Å². The number of rotatable bonds is 7. The summed E-state index contributed by atoms with van der Waals surface area (Å²) in [5, 5.41) is 13.2. The molecule has 0 bridgehead atoms. The SMILES string of the molecule is Cn1ccnc1Sc1ccc(Cl)cc1NC(=O)CSCc1ccc(C#N)cc1. The number of aryl methyl sites for hydroxylation is 1. The van der Waals surface area contributed by atoms with Crippen LogP contribution in [0, 0.1) is 11.3 Å². The molecule has 1 aromatic heterocycles. The summed E-state index contributed by atoms with van der Waals surface area (Å²) in [5.41, 5.74) is 2.38. The van der Waals surface area contributed by atoms with Crippen LogP contribution in [0.5, 0.6) is 0 Å². The Morgan fingerprint density at radius 1 is 1.29 bits per heavy atom. The minimum absolute atomic E-state index is 0.0948. The molecule has 5 nitrogen and oxygen atoms in total. The number of aromatic nitrogens is 2. The van der Waals surface area contributed by atoms with E-state index >= 15 is 0 Å². The van der Waals surface area contributed by atoms with Crippen LogP contribution in [0.4, 0.5) is 5.69 Å². The van der Waals surface area contributed by atoms with Crippen LogP contribution < -0.4 is 5.32 Å². The molecule has 0 fully saturated rings. The van der Waals surface area contributed by atoms with E-state index in [4.69, 9.17) is 16.9 Å². The zero-order valence-corrected chi connectivity index (χ0v) is 17.4. The third-order valence-corrected chi connectivity index (χ3v) is 6.17. The van der Waals surface area contributed by atoms with Gasteiger partial charge in [-0.05, 0) is 47.7 Å². The van der Waals surface area contributed by atoms with Crippen molar-refractivity contribution in [1.82, 2.24) is 9.55 Å². The summed E-state index contributed by atoms with van der Waals surface area (Å²) in [6, 6.07) is 14.9. The molecule has 0 atom stereocenters. The molecule has 0 aliphatic rings. The predicted molar refractivity (Wildman–Crippen MR) is 115 cm³/mol. The van der Waals surface area contributed by atoms with Gasteiger partial charge < -0.3 is 9.88 Å². The first kappa shape index (κ1) is 20.3. The smallest absolute Gasteiger partial charge is 0.234 e. The average molecular weight is 429 g/mol. The molecule has 0 saturated carbocycles. The fourth-order valence-corrected chi connectivity index (χ4v) is 4.19.